The second kappa shape index (κ2) is 5.99. The Morgan fingerprint density at radius 2 is 2.32 bits per heavy atom. The van der Waals surface area contributed by atoms with Crippen LogP contribution < -0.4 is 10.6 Å². The first-order valence-electron chi connectivity index (χ1n) is 6.22. The molecule has 2 rings (SSSR count). The molecule has 0 aliphatic carbocycles. The van der Waals surface area contributed by atoms with Crippen molar-refractivity contribution < 1.29 is 4.79 Å². The van der Waals surface area contributed by atoms with Crippen molar-refractivity contribution in [3.63, 3.8) is 0 Å². The van der Waals surface area contributed by atoms with Gasteiger partial charge in [0.1, 0.15) is 0 Å². The number of anilines is 1. The van der Waals surface area contributed by atoms with E-state index in [-0.39, 0.29) is 12.1 Å². The fourth-order valence-corrected chi connectivity index (χ4v) is 1.49. The lowest BCUT2D eigenvalue weighted by Crippen LogP contribution is -2.35. The highest BCUT2D eigenvalue weighted by Gasteiger charge is 2.05. The van der Waals surface area contributed by atoms with Crippen LogP contribution in [-0.4, -0.2) is 26.8 Å². The molecule has 0 radical (unpaired) electrons. The van der Waals surface area contributed by atoms with Crippen LogP contribution in [-0.2, 0) is 0 Å². The molecule has 0 saturated carbocycles. The molecule has 2 aromatic heterocycles. The van der Waals surface area contributed by atoms with Gasteiger partial charge in [0, 0.05) is 18.4 Å². The molecular formula is C13H17N5O. The Bertz CT molecular complexity index is 520. The molecule has 0 saturated heterocycles. The highest BCUT2D eigenvalue weighted by atomic mass is 16.2. The Morgan fingerprint density at radius 3 is 2.89 bits per heavy atom. The minimum atomic E-state index is -0.219. The van der Waals surface area contributed by atoms with Gasteiger partial charge in [0.15, 0.2) is 5.82 Å². The maximum Gasteiger partial charge on any atom is 0.319 e. The SMILES string of the molecule is CC[C@H](C)NC(=O)Nc1ccc(-n2cccn2)nc1. The van der Waals surface area contributed by atoms with E-state index >= 15 is 0 Å². The summed E-state index contributed by atoms with van der Waals surface area (Å²) in [6, 6.07) is 5.35. The van der Waals surface area contributed by atoms with Crippen molar-refractivity contribution in [3.05, 3.63) is 36.8 Å². The monoisotopic (exact) mass is 259 g/mol. The number of carbonyl (C=O) groups is 1. The fraction of sp³-hybridized carbons (Fsp3) is 0.308. The zero-order valence-corrected chi connectivity index (χ0v) is 11.0. The summed E-state index contributed by atoms with van der Waals surface area (Å²) in [5.74, 6) is 0.706. The Kier molecular flexibility index (Phi) is 4.12. The third-order valence-electron chi connectivity index (χ3n) is 2.73. The van der Waals surface area contributed by atoms with Crippen molar-refractivity contribution in [2.24, 2.45) is 0 Å². The average Bonchev–Trinajstić information content (AvgIpc) is 2.93. The van der Waals surface area contributed by atoms with Crippen LogP contribution in [0.1, 0.15) is 20.3 Å². The number of aromatic nitrogens is 3. The van der Waals surface area contributed by atoms with Gasteiger partial charge in [0.05, 0.1) is 11.9 Å². The van der Waals surface area contributed by atoms with Gasteiger partial charge in [-0.25, -0.2) is 14.5 Å². The predicted molar refractivity (Wildman–Crippen MR) is 73.3 cm³/mol. The van der Waals surface area contributed by atoms with Gasteiger partial charge in [-0.1, -0.05) is 6.92 Å². The Morgan fingerprint density at radius 1 is 1.47 bits per heavy atom. The number of hydrogen-bond donors (Lipinski definition) is 2. The third kappa shape index (κ3) is 3.54. The molecule has 0 aliphatic rings. The molecule has 6 nitrogen and oxygen atoms in total. The summed E-state index contributed by atoms with van der Waals surface area (Å²) in [6.45, 7) is 3.98. The highest BCUT2D eigenvalue weighted by Crippen LogP contribution is 2.08. The van der Waals surface area contributed by atoms with Crippen molar-refractivity contribution in [1.29, 1.82) is 0 Å². The summed E-state index contributed by atoms with van der Waals surface area (Å²) in [7, 11) is 0. The van der Waals surface area contributed by atoms with Gasteiger partial charge in [0.2, 0.25) is 0 Å². The number of amides is 2. The van der Waals surface area contributed by atoms with Gasteiger partial charge in [-0.05, 0) is 31.5 Å². The number of hydrogen-bond acceptors (Lipinski definition) is 3. The smallest absolute Gasteiger partial charge is 0.319 e. The van der Waals surface area contributed by atoms with Crippen LogP contribution in [0.25, 0.3) is 5.82 Å². The summed E-state index contributed by atoms with van der Waals surface area (Å²) < 4.78 is 1.66. The molecule has 0 spiro atoms. The van der Waals surface area contributed by atoms with Crippen molar-refractivity contribution in [2.75, 3.05) is 5.32 Å². The fourth-order valence-electron chi connectivity index (χ4n) is 1.49. The van der Waals surface area contributed by atoms with Crippen LogP contribution >= 0.6 is 0 Å². The molecule has 100 valence electrons. The van der Waals surface area contributed by atoms with Crippen LogP contribution in [0.2, 0.25) is 0 Å². The van der Waals surface area contributed by atoms with E-state index in [1.165, 1.54) is 0 Å². The molecule has 0 unspecified atom stereocenters. The van der Waals surface area contributed by atoms with E-state index in [9.17, 15) is 4.79 Å². The largest absolute Gasteiger partial charge is 0.335 e. The lowest BCUT2D eigenvalue weighted by molar-refractivity contribution is 0.249. The molecule has 2 amide bonds. The van der Waals surface area contributed by atoms with Crippen LogP contribution in [0.15, 0.2) is 36.8 Å². The molecule has 0 bridgehead atoms. The lowest BCUT2D eigenvalue weighted by atomic mass is 10.3. The molecular weight excluding hydrogens is 242 g/mol. The third-order valence-corrected chi connectivity index (χ3v) is 2.73. The minimum absolute atomic E-state index is 0.149. The van der Waals surface area contributed by atoms with E-state index in [0.29, 0.717) is 11.5 Å². The second-order valence-electron chi connectivity index (χ2n) is 4.26. The Labute approximate surface area is 111 Å². The number of pyridine rings is 1. The summed E-state index contributed by atoms with van der Waals surface area (Å²) in [5.41, 5.74) is 0.650. The van der Waals surface area contributed by atoms with Crippen molar-refractivity contribution in [1.82, 2.24) is 20.1 Å². The average molecular weight is 259 g/mol. The number of rotatable bonds is 4. The molecule has 19 heavy (non-hydrogen) atoms. The van der Waals surface area contributed by atoms with Gasteiger partial charge in [0.25, 0.3) is 0 Å². The molecule has 0 aliphatic heterocycles. The minimum Gasteiger partial charge on any atom is -0.335 e. The first-order valence-corrected chi connectivity index (χ1v) is 6.22. The van der Waals surface area contributed by atoms with E-state index in [1.807, 2.05) is 26.1 Å². The molecule has 2 N–H and O–H groups in total. The van der Waals surface area contributed by atoms with Gasteiger partial charge in [-0.15, -0.1) is 0 Å². The van der Waals surface area contributed by atoms with Crippen LogP contribution in [0.4, 0.5) is 10.5 Å². The maximum absolute atomic E-state index is 11.6. The normalized spacial score (nSPS) is 11.9. The lowest BCUT2D eigenvalue weighted by Gasteiger charge is -2.12. The van der Waals surface area contributed by atoms with E-state index in [1.54, 1.807) is 29.2 Å². The van der Waals surface area contributed by atoms with E-state index in [4.69, 9.17) is 0 Å². The van der Waals surface area contributed by atoms with E-state index < -0.39 is 0 Å². The topological polar surface area (TPSA) is 71.8 Å². The quantitative estimate of drug-likeness (QED) is 0.884. The summed E-state index contributed by atoms with van der Waals surface area (Å²) in [6.07, 6.45) is 6.00. The highest BCUT2D eigenvalue weighted by molar-refractivity contribution is 5.89. The Balaban J connectivity index is 1.97. The number of urea groups is 1. The number of nitrogens with one attached hydrogen (secondary N) is 2. The molecule has 1 atom stereocenters. The zero-order valence-electron chi connectivity index (χ0n) is 11.0. The molecule has 0 aromatic carbocycles. The van der Waals surface area contributed by atoms with Gasteiger partial charge in [-0.2, -0.15) is 5.10 Å². The molecule has 6 heteroatoms. The maximum atomic E-state index is 11.6. The van der Waals surface area contributed by atoms with Crippen molar-refractivity contribution in [2.45, 2.75) is 26.3 Å². The van der Waals surface area contributed by atoms with Gasteiger partial charge in [-0.3, -0.25) is 0 Å². The summed E-state index contributed by atoms with van der Waals surface area (Å²) >= 11 is 0. The van der Waals surface area contributed by atoms with Gasteiger partial charge < -0.3 is 10.6 Å². The second-order valence-corrected chi connectivity index (χ2v) is 4.26. The van der Waals surface area contributed by atoms with Gasteiger partial charge >= 0.3 is 6.03 Å². The van der Waals surface area contributed by atoms with Crippen LogP contribution in [0.3, 0.4) is 0 Å². The van der Waals surface area contributed by atoms with Crippen LogP contribution in [0.5, 0.6) is 0 Å². The summed E-state index contributed by atoms with van der Waals surface area (Å²) in [5, 5.41) is 9.64. The molecule has 2 heterocycles. The molecule has 2 aromatic rings. The van der Waals surface area contributed by atoms with Crippen LogP contribution in [0, 0.1) is 0 Å². The predicted octanol–water partition coefficient (Wildman–Crippen LogP) is 2.19. The van der Waals surface area contributed by atoms with E-state index in [2.05, 4.69) is 20.7 Å². The van der Waals surface area contributed by atoms with Crippen molar-refractivity contribution in [3.8, 4) is 5.82 Å². The Hall–Kier alpha value is -2.37. The zero-order chi connectivity index (χ0) is 13.7. The van der Waals surface area contributed by atoms with Crippen molar-refractivity contribution >= 4 is 11.7 Å². The molecule has 0 fully saturated rings. The summed E-state index contributed by atoms with van der Waals surface area (Å²) in [4.78, 5) is 15.9. The number of nitrogens with zero attached hydrogens (tertiary/aromatic N) is 3. The standard InChI is InChI=1S/C13H17N5O/c1-3-10(2)16-13(19)17-11-5-6-12(14-9-11)18-8-4-7-15-18/h4-10H,3H2,1-2H3,(H2,16,17,19)/t10-/m0/s1. The first kappa shape index (κ1) is 13.1. The first-order chi connectivity index (χ1) is 9.19. The number of carbonyl (C=O) groups excluding carboxylic acids is 1. The van der Waals surface area contributed by atoms with E-state index in [0.717, 1.165) is 6.42 Å².